The Morgan fingerprint density at radius 3 is 2.86 bits per heavy atom. The van der Waals surface area contributed by atoms with Crippen molar-refractivity contribution in [2.45, 2.75) is 24.4 Å². The highest BCUT2D eigenvalue weighted by Gasteiger charge is 2.18. The Morgan fingerprint density at radius 1 is 1.19 bits per heavy atom. The van der Waals surface area contributed by atoms with E-state index in [2.05, 4.69) is 39.5 Å². The molecule has 0 amide bonds. The zero-order valence-corrected chi connectivity index (χ0v) is 13.3. The maximum Gasteiger partial charge on any atom is 0.191 e. The van der Waals surface area contributed by atoms with Gasteiger partial charge in [0.25, 0.3) is 0 Å². The molecule has 0 unspecified atom stereocenters. The molecule has 2 aromatic rings. The van der Waals surface area contributed by atoms with Crippen LogP contribution in [0.1, 0.15) is 18.4 Å². The standard InChI is InChI=1S/C16H20N4S/c1-17-14-11-15(19-16(18-14)21-2)20-10-6-5-8-12-7-3-4-9-13(12)20/h3-4,7,9,11H,5-6,8,10H2,1-2H3,(H,17,18,19). The van der Waals surface area contributed by atoms with Crippen LogP contribution in [0.2, 0.25) is 0 Å². The van der Waals surface area contributed by atoms with E-state index in [1.807, 2.05) is 19.4 Å². The van der Waals surface area contributed by atoms with Crippen molar-refractivity contribution in [3.05, 3.63) is 35.9 Å². The number of anilines is 3. The average molecular weight is 300 g/mol. The van der Waals surface area contributed by atoms with Gasteiger partial charge in [-0.25, -0.2) is 9.97 Å². The van der Waals surface area contributed by atoms with Crippen molar-refractivity contribution < 1.29 is 0 Å². The maximum atomic E-state index is 4.70. The van der Waals surface area contributed by atoms with E-state index < -0.39 is 0 Å². The first-order valence-electron chi connectivity index (χ1n) is 7.28. The van der Waals surface area contributed by atoms with Crippen LogP contribution in [0.15, 0.2) is 35.5 Å². The van der Waals surface area contributed by atoms with Crippen molar-refractivity contribution in [1.29, 1.82) is 0 Å². The molecule has 0 radical (unpaired) electrons. The van der Waals surface area contributed by atoms with Gasteiger partial charge in [0.05, 0.1) is 0 Å². The van der Waals surface area contributed by atoms with Gasteiger partial charge >= 0.3 is 0 Å². The average Bonchev–Trinajstić information content (AvgIpc) is 2.76. The highest BCUT2D eigenvalue weighted by atomic mass is 32.2. The molecule has 110 valence electrons. The van der Waals surface area contributed by atoms with Crippen LogP contribution in [0.25, 0.3) is 0 Å². The Kier molecular flexibility index (Phi) is 4.29. The molecule has 21 heavy (non-hydrogen) atoms. The molecule has 1 aliphatic heterocycles. The molecule has 2 heterocycles. The van der Waals surface area contributed by atoms with Gasteiger partial charge in [-0.05, 0) is 37.1 Å². The first-order valence-corrected chi connectivity index (χ1v) is 8.50. The van der Waals surface area contributed by atoms with Gasteiger partial charge in [-0.1, -0.05) is 30.0 Å². The summed E-state index contributed by atoms with van der Waals surface area (Å²) in [5, 5.41) is 3.93. The third kappa shape index (κ3) is 2.97. The molecule has 0 bridgehead atoms. The summed E-state index contributed by atoms with van der Waals surface area (Å²) in [6.45, 7) is 1.00. The SMILES string of the molecule is CNc1cc(N2CCCCc3ccccc32)nc(SC)n1. The lowest BCUT2D eigenvalue weighted by Crippen LogP contribution is -2.20. The quantitative estimate of drug-likeness (QED) is 0.691. The molecule has 5 heteroatoms. The summed E-state index contributed by atoms with van der Waals surface area (Å²) in [6, 6.07) is 10.7. The van der Waals surface area contributed by atoms with Gasteiger partial charge < -0.3 is 10.2 Å². The van der Waals surface area contributed by atoms with E-state index in [1.54, 1.807) is 11.8 Å². The van der Waals surface area contributed by atoms with Gasteiger partial charge in [0.1, 0.15) is 11.6 Å². The molecule has 1 aromatic carbocycles. The first kappa shape index (κ1) is 14.2. The second-order valence-electron chi connectivity index (χ2n) is 5.09. The van der Waals surface area contributed by atoms with Crippen molar-refractivity contribution in [3.8, 4) is 0 Å². The van der Waals surface area contributed by atoms with Crippen LogP contribution in [0, 0.1) is 0 Å². The van der Waals surface area contributed by atoms with E-state index in [9.17, 15) is 0 Å². The smallest absolute Gasteiger partial charge is 0.191 e. The highest BCUT2D eigenvalue weighted by Crippen LogP contribution is 2.32. The summed E-state index contributed by atoms with van der Waals surface area (Å²) in [5.74, 6) is 1.85. The van der Waals surface area contributed by atoms with Crippen LogP contribution < -0.4 is 10.2 Å². The molecule has 0 saturated heterocycles. The number of para-hydroxylation sites is 1. The van der Waals surface area contributed by atoms with Gasteiger partial charge in [0, 0.05) is 25.3 Å². The minimum atomic E-state index is 0.804. The molecule has 0 saturated carbocycles. The number of hydrogen-bond donors (Lipinski definition) is 1. The van der Waals surface area contributed by atoms with Crippen LogP contribution in [0.5, 0.6) is 0 Å². The van der Waals surface area contributed by atoms with Crippen LogP contribution in [0.3, 0.4) is 0 Å². The fraction of sp³-hybridized carbons (Fsp3) is 0.375. The number of aryl methyl sites for hydroxylation is 1. The summed E-state index contributed by atoms with van der Waals surface area (Å²) < 4.78 is 0. The van der Waals surface area contributed by atoms with Gasteiger partial charge in [-0.3, -0.25) is 0 Å². The molecule has 0 spiro atoms. The largest absolute Gasteiger partial charge is 0.373 e. The Morgan fingerprint density at radius 2 is 2.05 bits per heavy atom. The van der Waals surface area contributed by atoms with Gasteiger partial charge in [-0.15, -0.1) is 0 Å². The molecule has 1 N–H and O–H groups in total. The number of fused-ring (bicyclic) bond motifs is 1. The first-order chi connectivity index (χ1) is 10.3. The van der Waals surface area contributed by atoms with E-state index in [4.69, 9.17) is 4.98 Å². The number of rotatable bonds is 3. The van der Waals surface area contributed by atoms with Gasteiger partial charge in [-0.2, -0.15) is 0 Å². The lowest BCUT2D eigenvalue weighted by molar-refractivity contribution is 0.754. The summed E-state index contributed by atoms with van der Waals surface area (Å²) in [7, 11) is 1.90. The predicted molar refractivity (Wildman–Crippen MR) is 89.7 cm³/mol. The van der Waals surface area contributed by atoms with Gasteiger partial charge in [0.15, 0.2) is 5.16 Å². The number of thioether (sulfide) groups is 1. The molecule has 0 atom stereocenters. The Balaban J connectivity index is 2.07. The zero-order chi connectivity index (χ0) is 14.7. The van der Waals surface area contributed by atoms with E-state index in [0.29, 0.717) is 0 Å². The molecule has 3 rings (SSSR count). The highest BCUT2D eigenvalue weighted by molar-refractivity contribution is 7.98. The van der Waals surface area contributed by atoms with Crippen LogP contribution in [-0.2, 0) is 6.42 Å². The Bertz CT molecular complexity index is 607. The minimum Gasteiger partial charge on any atom is -0.373 e. The molecule has 0 aliphatic carbocycles. The van der Waals surface area contributed by atoms with Crippen LogP contribution in [0.4, 0.5) is 17.3 Å². The summed E-state index contributed by atoms with van der Waals surface area (Å²) in [5.41, 5.74) is 2.69. The van der Waals surface area contributed by atoms with E-state index in [-0.39, 0.29) is 0 Å². The Labute approximate surface area is 130 Å². The number of nitrogens with zero attached hydrogens (tertiary/aromatic N) is 3. The molecule has 1 aliphatic rings. The lowest BCUT2D eigenvalue weighted by Gasteiger charge is -2.24. The molecule has 1 aromatic heterocycles. The van der Waals surface area contributed by atoms with Crippen LogP contribution >= 0.6 is 11.8 Å². The topological polar surface area (TPSA) is 41.0 Å². The van der Waals surface area contributed by atoms with E-state index in [1.165, 1.54) is 24.1 Å². The van der Waals surface area contributed by atoms with Crippen molar-refractivity contribution >= 4 is 29.1 Å². The van der Waals surface area contributed by atoms with Gasteiger partial charge in [0.2, 0.25) is 0 Å². The lowest BCUT2D eigenvalue weighted by atomic mass is 10.1. The number of benzene rings is 1. The monoisotopic (exact) mass is 300 g/mol. The normalized spacial score (nSPS) is 14.5. The number of aromatic nitrogens is 2. The summed E-state index contributed by atoms with van der Waals surface area (Å²) >= 11 is 1.57. The zero-order valence-electron chi connectivity index (χ0n) is 12.5. The molecule has 0 fully saturated rings. The number of nitrogens with one attached hydrogen (secondary N) is 1. The molecule has 4 nitrogen and oxygen atoms in total. The third-order valence-corrected chi connectivity index (χ3v) is 4.32. The maximum absolute atomic E-state index is 4.70. The van der Waals surface area contributed by atoms with Crippen molar-refractivity contribution in [1.82, 2.24) is 9.97 Å². The predicted octanol–water partition coefficient (Wildman–Crippen LogP) is 3.71. The minimum absolute atomic E-state index is 0.804. The fourth-order valence-electron chi connectivity index (χ4n) is 2.70. The molecular weight excluding hydrogens is 280 g/mol. The Hall–Kier alpha value is -1.75. The second kappa shape index (κ2) is 6.35. The molecular formula is C16H20N4S. The van der Waals surface area contributed by atoms with Crippen molar-refractivity contribution in [3.63, 3.8) is 0 Å². The van der Waals surface area contributed by atoms with Crippen LogP contribution in [-0.4, -0.2) is 29.8 Å². The second-order valence-corrected chi connectivity index (χ2v) is 5.86. The van der Waals surface area contributed by atoms with E-state index in [0.717, 1.165) is 29.8 Å². The van der Waals surface area contributed by atoms with E-state index >= 15 is 0 Å². The van der Waals surface area contributed by atoms with Crippen molar-refractivity contribution in [2.75, 3.05) is 30.1 Å². The third-order valence-electron chi connectivity index (χ3n) is 3.77. The number of hydrogen-bond acceptors (Lipinski definition) is 5. The van der Waals surface area contributed by atoms with Crippen molar-refractivity contribution in [2.24, 2.45) is 0 Å². The fourth-order valence-corrected chi connectivity index (χ4v) is 3.07. The summed E-state index contributed by atoms with van der Waals surface area (Å²) in [6.07, 6.45) is 5.57. The summed E-state index contributed by atoms with van der Waals surface area (Å²) in [4.78, 5) is 11.5.